The van der Waals surface area contributed by atoms with Crippen LogP contribution in [0.1, 0.15) is 15.2 Å². The molecule has 3 aromatic rings. The lowest BCUT2D eigenvalue weighted by molar-refractivity contribution is 0.102. The Kier molecular flexibility index (Phi) is 5.70. The lowest BCUT2D eigenvalue weighted by Crippen LogP contribution is -2.19. The van der Waals surface area contributed by atoms with Gasteiger partial charge in [-0.15, -0.1) is 16.4 Å². The number of thiophene rings is 1. The molecule has 0 atom stereocenters. The summed E-state index contributed by atoms with van der Waals surface area (Å²) in [5.74, 6) is 0.281. The van der Waals surface area contributed by atoms with E-state index in [0.29, 0.717) is 16.6 Å². The molecule has 0 radical (unpaired) electrons. The third-order valence-corrected chi connectivity index (χ3v) is 6.01. The number of nitrogens with zero attached hydrogens (tertiary/aromatic N) is 2. The van der Waals surface area contributed by atoms with Gasteiger partial charge in [0.25, 0.3) is 0 Å². The van der Waals surface area contributed by atoms with E-state index in [1.807, 2.05) is 36.4 Å². The molecular formula is C16H14BrN3O2S2. The first-order valence-electron chi connectivity index (χ1n) is 7.24. The number of benzene rings is 1. The number of carbonyl (C=O) groups is 1. The number of aromatic nitrogens is 3. The Labute approximate surface area is 155 Å². The lowest BCUT2D eigenvalue weighted by Gasteiger charge is -2.05. The maximum absolute atomic E-state index is 12.2. The largest absolute Gasteiger partial charge is 0.343 e. The molecule has 0 unspecified atom stereocenters. The van der Waals surface area contributed by atoms with Crippen molar-refractivity contribution in [3.63, 3.8) is 0 Å². The van der Waals surface area contributed by atoms with E-state index in [1.165, 1.54) is 23.1 Å². The van der Waals surface area contributed by atoms with Gasteiger partial charge < -0.3 is 0 Å². The number of halogens is 1. The smallest absolute Gasteiger partial charge is 0.292 e. The highest BCUT2D eigenvalue weighted by Gasteiger charge is 2.14. The number of aryl methyl sites for hydroxylation is 1. The van der Waals surface area contributed by atoms with Gasteiger partial charge in [-0.05, 0) is 40.0 Å². The van der Waals surface area contributed by atoms with Crippen LogP contribution in [0.25, 0.3) is 0 Å². The van der Waals surface area contributed by atoms with Crippen LogP contribution in [0.2, 0.25) is 0 Å². The van der Waals surface area contributed by atoms with Gasteiger partial charge in [-0.25, -0.2) is 9.89 Å². The number of ketones is 1. The average molecular weight is 424 g/mol. The molecule has 0 saturated heterocycles. The lowest BCUT2D eigenvalue weighted by atomic mass is 10.1. The van der Waals surface area contributed by atoms with Gasteiger partial charge in [0.05, 0.1) is 14.4 Å². The highest BCUT2D eigenvalue weighted by molar-refractivity contribution is 9.11. The minimum atomic E-state index is -0.250. The molecule has 0 aliphatic heterocycles. The zero-order chi connectivity index (χ0) is 16.9. The van der Waals surface area contributed by atoms with Crippen molar-refractivity contribution in [3.05, 3.63) is 67.2 Å². The monoisotopic (exact) mass is 423 g/mol. The minimum Gasteiger partial charge on any atom is -0.292 e. The molecule has 24 heavy (non-hydrogen) atoms. The van der Waals surface area contributed by atoms with Crippen LogP contribution < -0.4 is 5.69 Å². The van der Waals surface area contributed by atoms with Gasteiger partial charge in [-0.1, -0.05) is 42.1 Å². The van der Waals surface area contributed by atoms with E-state index in [2.05, 4.69) is 26.1 Å². The van der Waals surface area contributed by atoms with E-state index in [9.17, 15) is 9.59 Å². The summed E-state index contributed by atoms with van der Waals surface area (Å²) < 4.78 is 2.50. The predicted octanol–water partition coefficient (Wildman–Crippen LogP) is 3.61. The quantitative estimate of drug-likeness (QED) is 0.465. The van der Waals surface area contributed by atoms with Crippen LogP contribution >= 0.6 is 39.0 Å². The summed E-state index contributed by atoms with van der Waals surface area (Å²) in [5, 5.41) is 7.03. The van der Waals surface area contributed by atoms with E-state index >= 15 is 0 Å². The number of nitrogens with one attached hydrogen (secondary N) is 1. The Hall–Kier alpha value is -1.64. The van der Waals surface area contributed by atoms with Crippen molar-refractivity contribution in [2.45, 2.75) is 18.1 Å². The normalized spacial score (nSPS) is 10.9. The fraction of sp³-hybridized carbons (Fsp3) is 0.188. The number of H-pyrrole nitrogens is 1. The van der Waals surface area contributed by atoms with Crippen molar-refractivity contribution >= 4 is 44.8 Å². The second-order valence-corrected chi connectivity index (χ2v) is 8.42. The summed E-state index contributed by atoms with van der Waals surface area (Å²) in [5.41, 5.74) is 0.904. The van der Waals surface area contributed by atoms with Crippen LogP contribution in [0.15, 0.2) is 56.2 Å². The molecule has 2 aromatic heterocycles. The summed E-state index contributed by atoms with van der Waals surface area (Å²) in [6.45, 7) is 0.528. The molecule has 0 aliphatic carbocycles. The number of hydrogen-bond acceptors (Lipinski definition) is 5. The maximum Gasteiger partial charge on any atom is 0.343 e. The molecule has 2 heterocycles. The fourth-order valence-corrected chi connectivity index (χ4v) is 4.43. The summed E-state index contributed by atoms with van der Waals surface area (Å²) in [4.78, 5) is 24.8. The third kappa shape index (κ3) is 4.25. The number of rotatable bonds is 7. The molecule has 0 spiro atoms. The van der Waals surface area contributed by atoms with E-state index in [1.54, 1.807) is 10.6 Å². The first-order chi connectivity index (χ1) is 11.6. The number of carbonyl (C=O) groups excluding carboxylic acids is 1. The zero-order valence-corrected chi connectivity index (χ0v) is 15.8. The van der Waals surface area contributed by atoms with Crippen molar-refractivity contribution in [2.24, 2.45) is 0 Å². The van der Waals surface area contributed by atoms with Crippen molar-refractivity contribution in [1.29, 1.82) is 0 Å². The van der Waals surface area contributed by atoms with Gasteiger partial charge in [0.2, 0.25) is 0 Å². The molecule has 0 fully saturated rings. The van der Waals surface area contributed by atoms with Gasteiger partial charge >= 0.3 is 5.69 Å². The molecule has 0 bridgehead atoms. The predicted molar refractivity (Wildman–Crippen MR) is 100 cm³/mol. The number of hydrogen-bond donors (Lipinski definition) is 1. The van der Waals surface area contributed by atoms with Gasteiger partial charge in [0.1, 0.15) is 0 Å². The molecule has 0 amide bonds. The fourth-order valence-electron chi connectivity index (χ4n) is 2.16. The molecule has 0 aliphatic rings. The molecule has 1 N–H and O–H groups in total. The first kappa shape index (κ1) is 17.2. The Morgan fingerprint density at radius 2 is 2.04 bits per heavy atom. The van der Waals surface area contributed by atoms with Gasteiger partial charge in [-0.2, -0.15) is 0 Å². The Morgan fingerprint density at radius 3 is 2.75 bits per heavy atom. The molecule has 1 aromatic carbocycles. The van der Waals surface area contributed by atoms with Gasteiger partial charge in [-0.3, -0.25) is 9.36 Å². The molecule has 0 saturated carbocycles. The second kappa shape index (κ2) is 7.96. The third-order valence-electron chi connectivity index (χ3n) is 3.37. The van der Waals surface area contributed by atoms with E-state index < -0.39 is 0 Å². The van der Waals surface area contributed by atoms with E-state index in [0.717, 1.165) is 15.8 Å². The molecule has 3 rings (SSSR count). The first-order valence-corrected chi connectivity index (χ1v) is 9.83. The Balaban J connectivity index is 1.64. The topological polar surface area (TPSA) is 67.8 Å². The van der Waals surface area contributed by atoms with Crippen molar-refractivity contribution < 1.29 is 4.79 Å². The molecular weight excluding hydrogens is 410 g/mol. The Morgan fingerprint density at radius 1 is 1.25 bits per heavy atom. The number of thioether (sulfide) groups is 1. The molecule has 124 valence electrons. The van der Waals surface area contributed by atoms with Crippen LogP contribution in [0.5, 0.6) is 0 Å². The van der Waals surface area contributed by atoms with Crippen LogP contribution in [0.4, 0.5) is 0 Å². The standard InChI is InChI=1S/C16H14BrN3O2S2/c17-14-7-6-13(24-14)12(21)10-23-16-19-18-15(22)20(16)9-8-11-4-2-1-3-5-11/h1-7H,8-10H2,(H,18,22). The minimum absolute atomic E-state index is 0.0285. The van der Waals surface area contributed by atoms with Crippen LogP contribution in [-0.2, 0) is 13.0 Å². The summed E-state index contributed by atoms with van der Waals surface area (Å²) >= 11 is 6.03. The molecule has 5 nitrogen and oxygen atoms in total. The summed E-state index contributed by atoms with van der Waals surface area (Å²) in [6, 6.07) is 13.6. The van der Waals surface area contributed by atoms with Gasteiger partial charge in [0.15, 0.2) is 10.9 Å². The van der Waals surface area contributed by atoms with Crippen molar-refractivity contribution in [2.75, 3.05) is 5.75 Å². The maximum atomic E-state index is 12.2. The van der Waals surface area contributed by atoms with Gasteiger partial charge in [0, 0.05) is 6.54 Å². The average Bonchev–Trinajstić information content (AvgIpc) is 3.18. The number of aromatic amines is 1. The van der Waals surface area contributed by atoms with Crippen LogP contribution in [-0.4, -0.2) is 26.3 Å². The summed E-state index contributed by atoms with van der Waals surface area (Å²) in [6.07, 6.45) is 0.736. The van der Waals surface area contributed by atoms with E-state index in [-0.39, 0.29) is 17.2 Å². The molecule has 8 heteroatoms. The second-order valence-electron chi connectivity index (χ2n) is 5.01. The number of Topliss-reactive ketones (excluding diaryl/α,β-unsaturated/α-hetero) is 1. The SMILES string of the molecule is O=C(CSc1n[nH]c(=O)n1CCc1ccccc1)c1ccc(Br)s1. The van der Waals surface area contributed by atoms with Crippen molar-refractivity contribution in [3.8, 4) is 0 Å². The highest BCUT2D eigenvalue weighted by atomic mass is 79.9. The zero-order valence-electron chi connectivity index (χ0n) is 12.6. The summed E-state index contributed by atoms with van der Waals surface area (Å²) in [7, 11) is 0. The van der Waals surface area contributed by atoms with Crippen molar-refractivity contribution in [1.82, 2.24) is 14.8 Å². The van der Waals surface area contributed by atoms with Crippen LogP contribution in [0, 0.1) is 0 Å². The van der Waals surface area contributed by atoms with E-state index in [4.69, 9.17) is 0 Å². The van der Waals surface area contributed by atoms with Crippen LogP contribution in [0.3, 0.4) is 0 Å². The highest BCUT2D eigenvalue weighted by Crippen LogP contribution is 2.24. The Bertz CT molecular complexity index is 886.